The number of Topliss-reactive ketones (excluding diaryl/α,β-unsaturated/α-hetero) is 1. The molecule has 0 spiro atoms. The van der Waals surface area contributed by atoms with Crippen LogP contribution in [0, 0.1) is 0 Å². The average molecular weight is 259 g/mol. The molecule has 0 bridgehead atoms. The predicted molar refractivity (Wildman–Crippen MR) is 78.3 cm³/mol. The third kappa shape index (κ3) is 2.91. The maximum atomic E-state index is 12.2. The first-order valence-corrected chi connectivity index (χ1v) is 7.24. The van der Waals surface area contributed by atoms with Gasteiger partial charge in [-0.05, 0) is 11.8 Å². The molecule has 0 N–H and O–H groups in total. The summed E-state index contributed by atoms with van der Waals surface area (Å²) >= 11 is 1.71. The number of ketones is 1. The van der Waals surface area contributed by atoms with Crippen molar-refractivity contribution in [3.05, 3.63) is 42.2 Å². The summed E-state index contributed by atoms with van der Waals surface area (Å²) in [6, 6.07) is 7.90. The van der Waals surface area contributed by atoms with Crippen LogP contribution in [0.25, 0.3) is 10.8 Å². The van der Waals surface area contributed by atoms with Crippen LogP contribution in [0.15, 0.2) is 36.7 Å². The van der Waals surface area contributed by atoms with E-state index in [9.17, 15) is 4.79 Å². The zero-order chi connectivity index (χ0) is 13.0. The number of thioether (sulfide) groups is 1. The summed E-state index contributed by atoms with van der Waals surface area (Å²) in [4.78, 5) is 16.4. The topological polar surface area (TPSA) is 30.0 Å². The van der Waals surface area contributed by atoms with Gasteiger partial charge in [0.25, 0.3) is 0 Å². The molecule has 1 heterocycles. The number of fused-ring (bicyclic) bond motifs is 1. The second-order valence-corrected chi connectivity index (χ2v) is 5.79. The van der Waals surface area contributed by atoms with E-state index in [2.05, 4.69) is 18.8 Å². The Morgan fingerprint density at radius 3 is 2.89 bits per heavy atom. The van der Waals surface area contributed by atoms with Gasteiger partial charge in [0, 0.05) is 28.6 Å². The van der Waals surface area contributed by atoms with Crippen molar-refractivity contribution in [3.63, 3.8) is 0 Å². The Bertz CT molecular complexity index is 548. The van der Waals surface area contributed by atoms with E-state index in [-0.39, 0.29) is 5.78 Å². The van der Waals surface area contributed by atoms with Crippen LogP contribution >= 0.6 is 11.8 Å². The molecule has 1 aromatic carbocycles. The molecule has 0 saturated carbocycles. The predicted octanol–water partition coefficient (Wildman–Crippen LogP) is 3.95. The van der Waals surface area contributed by atoms with Gasteiger partial charge in [0.2, 0.25) is 0 Å². The van der Waals surface area contributed by atoms with Crippen LogP contribution in [0.2, 0.25) is 0 Å². The quantitative estimate of drug-likeness (QED) is 0.762. The highest BCUT2D eigenvalue weighted by Crippen LogP contribution is 2.20. The lowest BCUT2D eigenvalue weighted by molar-refractivity contribution is 0.102. The average Bonchev–Trinajstić information content (AvgIpc) is 2.43. The van der Waals surface area contributed by atoms with Crippen LogP contribution in [0.1, 0.15) is 30.6 Å². The van der Waals surface area contributed by atoms with Gasteiger partial charge >= 0.3 is 0 Å². The highest BCUT2D eigenvalue weighted by Gasteiger charge is 2.11. The molecule has 0 amide bonds. The molecule has 2 nitrogen and oxygen atoms in total. The van der Waals surface area contributed by atoms with Crippen LogP contribution in [0.5, 0.6) is 0 Å². The molecule has 94 valence electrons. The van der Waals surface area contributed by atoms with Gasteiger partial charge in [-0.3, -0.25) is 9.78 Å². The first-order chi connectivity index (χ1) is 8.72. The Balaban J connectivity index is 2.22. The Hall–Kier alpha value is -1.35. The summed E-state index contributed by atoms with van der Waals surface area (Å²) in [5.41, 5.74) is 0.740. The number of benzene rings is 1. The van der Waals surface area contributed by atoms with Gasteiger partial charge in [0.1, 0.15) is 0 Å². The Kier molecular flexibility index (Phi) is 4.37. The molecule has 2 rings (SSSR count). The van der Waals surface area contributed by atoms with Gasteiger partial charge in [0.05, 0.1) is 5.75 Å². The molecule has 1 atom stereocenters. The van der Waals surface area contributed by atoms with Crippen molar-refractivity contribution in [2.45, 2.75) is 25.5 Å². The summed E-state index contributed by atoms with van der Waals surface area (Å²) in [5.74, 6) is 0.703. The van der Waals surface area contributed by atoms with Crippen molar-refractivity contribution in [3.8, 4) is 0 Å². The minimum Gasteiger partial charge on any atom is -0.293 e. The zero-order valence-corrected chi connectivity index (χ0v) is 11.5. The van der Waals surface area contributed by atoms with E-state index in [1.54, 1.807) is 24.2 Å². The fraction of sp³-hybridized carbons (Fsp3) is 0.333. The molecule has 3 heteroatoms. The SMILES string of the molecule is CCC(C)SCC(=O)c1cncc2ccccc12. The smallest absolute Gasteiger partial charge is 0.174 e. The van der Waals surface area contributed by atoms with Crippen LogP contribution in [0.4, 0.5) is 0 Å². The molecule has 0 radical (unpaired) electrons. The second-order valence-electron chi connectivity index (χ2n) is 4.36. The maximum Gasteiger partial charge on any atom is 0.174 e. The minimum absolute atomic E-state index is 0.171. The summed E-state index contributed by atoms with van der Waals surface area (Å²) < 4.78 is 0. The molecule has 0 saturated heterocycles. The molecule has 1 aromatic heterocycles. The van der Waals surface area contributed by atoms with Gasteiger partial charge in [0.15, 0.2) is 5.78 Å². The first kappa shape index (κ1) is 13.1. The standard InChI is InChI=1S/C15H17NOS/c1-3-11(2)18-10-15(17)14-9-16-8-12-6-4-5-7-13(12)14/h4-9,11H,3,10H2,1-2H3. The van der Waals surface area contributed by atoms with E-state index in [1.807, 2.05) is 24.3 Å². The van der Waals surface area contributed by atoms with E-state index in [0.717, 1.165) is 22.8 Å². The third-order valence-corrected chi connectivity index (χ3v) is 4.37. The van der Waals surface area contributed by atoms with Gasteiger partial charge in [-0.25, -0.2) is 0 Å². The molecule has 0 fully saturated rings. The number of hydrogen-bond acceptors (Lipinski definition) is 3. The molecular formula is C15H17NOS. The minimum atomic E-state index is 0.171. The lowest BCUT2D eigenvalue weighted by Gasteiger charge is -2.08. The van der Waals surface area contributed by atoms with Gasteiger partial charge in [-0.1, -0.05) is 38.1 Å². The molecular weight excluding hydrogens is 242 g/mol. The van der Waals surface area contributed by atoms with E-state index in [4.69, 9.17) is 0 Å². The number of nitrogens with zero attached hydrogens (tertiary/aromatic N) is 1. The lowest BCUT2D eigenvalue weighted by Crippen LogP contribution is -2.07. The molecule has 0 aliphatic heterocycles. The number of carbonyl (C=O) groups is 1. The molecule has 1 unspecified atom stereocenters. The van der Waals surface area contributed by atoms with Crippen molar-refractivity contribution in [2.24, 2.45) is 0 Å². The van der Waals surface area contributed by atoms with Crippen molar-refractivity contribution < 1.29 is 4.79 Å². The molecule has 0 aliphatic rings. The fourth-order valence-corrected chi connectivity index (χ4v) is 2.58. The van der Waals surface area contributed by atoms with Crippen molar-refractivity contribution >= 4 is 28.3 Å². The van der Waals surface area contributed by atoms with Gasteiger partial charge in [-0.15, -0.1) is 0 Å². The van der Waals surface area contributed by atoms with Crippen LogP contribution < -0.4 is 0 Å². The highest BCUT2D eigenvalue weighted by atomic mass is 32.2. The summed E-state index contributed by atoms with van der Waals surface area (Å²) in [6.07, 6.45) is 4.57. The summed E-state index contributed by atoms with van der Waals surface area (Å²) in [6.45, 7) is 4.29. The monoisotopic (exact) mass is 259 g/mol. The van der Waals surface area contributed by atoms with E-state index >= 15 is 0 Å². The van der Waals surface area contributed by atoms with E-state index in [1.165, 1.54) is 0 Å². The zero-order valence-electron chi connectivity index (χ0n) is 10.7. The maximum absolute atomic E-state index is 12.2. The molecule has 0 aliphatic carbocycles. The normalized spacial score (nSPS) is 12.6. The van der Waals surface area contributed by atoms with Gasteiger partial charge < -0.3 is 0 Å². The number of pyridine rings is 1. The Labute approximate surface area is 112 Å². The highest BCUT2D eigenvalue weighted by molar-refractivity contribution is 8.00. The number of aromatic nitrogens is 1. The van der Waals surface area contributed by atoms with Crippen molar-refractivity contribution in [1.82, 2.24) is 4.98 Å². The van der Waals surface area contributed by atoms with Crippen molar-refractivity contribution in [2.75, 3.05) is 5.75 Å². The summed E-state index contributed by atoms with van der Waals surface area (Å²) in [5, 5.41) is 2.55. The van der Waals surface area contributed by atoms with E-state index in [0.29, 0.717) is 11.0 Å². The Morgan fingerprint density at radius 2 is 2.11 bits per heavy atom. The number of rotatable bonds is 5. The largest absolute Gasteiger partial charge is 0.293 e. The molecule has 2 aromatic rings. The van der Waals surface area contributed by atoms with Crippen LogP contribution in [0.3, 0.4) is 0 Å². The number of carbonyl (C=O) groups excluding carboxylic acids is 1. The number of hydrogen-bond donors (Lipinski definition) is 0. The lowest BCUT2D eigenvalue weighted by atomic mass is 10.1. The molecule has 18 heavy (non-hydrogen) atoms. The van der Waals surface area contributed by atoms with Gasteiger partial charge in [-0.2, -0.15) is 11.8 Å². The summed E-state index contributed by atoms with van der Waals surface area (Å²) in [7, 11) is 0. The second kappa shape index (κ2) is 6.01. The van der Waals surface area contributed by atoms with Crippen LogP contribution in [-0.2, 0) is 0 Å². The van der Waals surface area contributed by atoms with E-state index < -0.39 is 0 Å². The van der Waals surface area contributed by atoms with Crippen LogP contribution in [-0.4, -0.2) is 21.8 Å². The first-order valence-electron chi connectivity index (χ1n) is 6.20. The fourth-order valence-electron chi connectivity index (χ4n) is 1.75. The third-order valence-electron chi connectivity index (χ3n) is 3.04. The van der Waals surface area contributed by atoms with Crippen molar-refractivity contribution in [1.29, 1.82) is 0 Å². The Morgan fingerprint density at radius 1 is 1.33 bits per heavy atom.